The highest BCUT2D eigenvalue weighted by Crippen LogP contribution is 2.29. The van der Waals surface area contributed by atoms with Gasteiger partial charge in [0, 0.05) is 30.3 Å². The largest absolute Gasteiger partial charge is 0.461 e. The maximum Gasteiger partial charge on any atom is 0.272 e. The van der Waals surface area contributed by atoms with E-state index in [0.717, 1.165) is 0 Å². The van der Waals surface area contributed by atoms with Crippen LogP contribution in [0, 0.1) is 17.0 Å². The lowest BCUT2D eigenvalue weighted by Gasteiger charge is -2.04. The third-order valence-corrected chi connectivity index (χ3v) is 2.47. The number of nitro benzene ring substituents is 1. The van der Waals surface area contributed by atoms with Gasteiger partial charge < -0.3 is 9.73 Å². The molecule has 0 spiro atoms. The van der Waals surface area contributed by atoms with Crippen LogP contribution in [0.2, 0.25) is 0 Å². The molecule has 0 atom stereocenters. The fourth-order valence-electron chi connectivity index (χ4n) is 1.72. The molecule has 0 radical (unpaired) electrons. The molecule has 0 saturated heterocycles. The van der Waals surface area contributed by atoms with Gasteiger partial charge in [0.25, 0.3) is 5.69 Å². The van der Waals surface area contributed by atoms with Gasteiger partial charge in [-0.05, 0) is 25.1 Å². The number of nitro groups is 1. The normalized spacial score (nSPS) is 10.2. The van der Waals surface area contributed by atoms with Crippen LogP contribution >= 0.6 is 0 Å². The molecule has 0 bridgehead atoms. The van der Waals surface area contributed by atoms with E-state index in [-0.39, 0.29) is 11.6 Å². The van der Waals surface area contributed by atoms with Crippen molar-refractivity contribution in [2.75, 3.05) is 5.32 Å². The Morgan fingerprint density at radius 3 is 2.58 bits per heavy atom. The minimum absolute atomic E-state index is 0.102. The summed E-state index contributed by atoms with van der Waals surface area (Å²) < 4.78 is 5.43. The Morgan fingerprint density at radius 2 is 2.05 bits per heavy atom. The van der Waals surface area contributed by atoms with Crippen LogP contribution in [-0.2, 0) is 4.79 Å². The van der Waals surface area contributed by atoms with E-state index in [0.29, 0.717) is 22.8 Å². The second-order valence-corrected chi connectivity index (χ2v) is 4.12. The molecule has 1 aromatic carbocycles. The molecule has 2 rings (SSSR count). The van der Waals surface area contributed by atoms with Gasteiger partial charge in [-0.1, -0.05) is 0 Å². The van der Waals surface area contributed by atoms with Gasteiger partial charge in [0.1, 0.15) is 11.5 Å². The molecule has 0 fully saturated rings. The lowest BCUT2D eigenvalue weighted by Crippen LogP contribution is -2.06. The van der Waals surface area contributed by atoms with Crippen molar-refractivity contribution in [2.24, 2.45) is 0 Å². The molecule has 0 aliphatic rings. The minimum atomic E-state index is -0.509. The van der Waals surface area contributed by atoms with Gasteiger partial charge in [-0.2, -0.15) is 0 Å². The van der Waals surface area contributed by atoms with Gasteiger partial charge in [0.15, 0.2) is 0 Å². The summed E-state index contributed by atoms with van der Waals surface area (Å²) in [5, 5.41) is 13.4. The molecule has 0 unspecified atom stereocenters. The topological polar surface area (TPSA) is 85.4 Å². The number of benzene rings is 1. The van der Waals surface area contributed by atoms with Crippen molar-refractivity contribution in [2.45, 2.75) is 13.8 Å². The zero-order chi connectivity index (χ0) is 14.0. The molecule has 6 nitrogen and oxygen atoms in total. The van der Waals surface area contributed by atoms with E-state index < -0.39 is 4.92 Å². The number of rotatable bonds is 3. The molecular formula is C13H12N2O4. The van der Waals surface area contributed by atoms with Crippen LogP contribution in [0.5, 0.6) is 0 Å². The average Bonchev–Trinajstić information content (AvgIpc) is 2.74. The molecule has 2 aromatic rings. The predicted molar refractivity (Wildman–Crippen MR) is 69.8 cm³/mol. The number of furan rings is 1. The summed E-state index contributed by atoms with van der Waals surface area (Å²) in [6.45, 7) is 3.13. The number of hydrogen-bond donors (Lipinski definition) is 1. The van der Waals surface area contributed by atoms with E-state index in [9.17, 15) is 14.9 Å². The van der Waals surface area contributed by atoms with Crippen molar-refractivity contribution in [1.29, 1.82) is 0 Å². The van der Waals surface area contributed by atoms with Gasteiger partial charge in [-0.25, -0.2) is 0 Å². The summed E-state index contributed by atoms with van der Waals surface area (Å²) in [5.41, 5.74) is 0.812. The van der Waals surface area contributed by atoms with E-state index in [2.05, 4.69) is 5.32 Å². The number of carbonyl (C=O) groups is 1. The van der Waals surface area contributed by atoms with Gasteiger partial charge in [-0.3, -0.25) is 14.9 Å². The van der Waals surface area contributed by atoms with E-state index in [1.54, 1.807) is 25.1 Å². The first-order chi connectivity index (χ1) is 8.95. The Kier molecular flexibility index (Phi) is 3.33. The van der Waals surface area contributed by atoms with E-state index in [1.165, 1.54) is 19.1 Å². The fraction of sp³-hybridized carbons (Fsp3) is 0.154. The summed E-state index contributed by atoms with van der Waals surface area (Å²) in [6.07, 6.45) is 0. The van der Waals surface area contributed by atoms with Gasteiger partial charge in [0.2, 0.25) is 5.91 Å². The molecule has 0 aliphatic carbocycles. The summed E-state index contributed by atoms with van der Waals surface area (Å²) >= 11 is 0. The predicted octanol–water partition coefficient (Wildman–Crippen LogP) is 3.12. The number of aryl methyl sites for hydroxylation is 1. The smallest absolute Gasteiger partial charge is 0.272 e. The highest BCUT2D eigenvalue weighted by Gasteiger charge is 2.13. The number of anilines is 1. The standard InChI is InChI=1S/C13H12N2O4/c1-8-3-4-13(19-8)10-5-11(14-9(2)16)7-12(6-10)15(17)18/h3-7H,1-2H3,(H,14,16). The van der Waals surface area contributed by atoms with Crippen molar-refractivity contribution in [3.63, 3.8) is 0 Å². The Labute approximate surface area is 109 Å². The van der Waals surface area contributed by atoms with E-state index >= 15 is 0 Å². The van der Waals surface area contributed by atoms with Gasteiger partial charge in [0.05, 0.1) is 4.92 Å². The lowest BCUT2D eigenvalue weighted by molar-refractivity contribution is -0.384. The molecule has 1 aromatic heterocycles. The quantitative estimate of drug-likeness (QED) is 0.678. The molecule has 98 valence electrons. The second-order valence-electron chi connectivity index (χ2n) is 4.12. The molecule has 1 amide bonds. The molecule has 1 heterocycles. The summed E-state index contributed by atoms with van der Waals surface area (Å²) in [4.78, 5) is 21.4. The number of nitrogens with zero attached hydrogens (tertiary/aromatic N) is 1. The summed E-state index contributed by atoms with van der Waals surface area (Å²) in [7, 11) is 0. The van der Waals surface area contributed by atoms with Crippen LogP contribution in [0.15, 0.2) is 34.7 Å². The number of nitrogens with one attached hydrogen (secondary N) is 1. The molecule has 1 N–H and O–H groups in total. The van der Waals surface area contributed by atoms with Crippen LogP contribution in [-0.4, -0.2) is 10.8 Å². The maximum atomic E-state index is 11.0. The molecule has 19 heavy (non-hydrogen) atoms. The average molecular weight is 260 g/mol. The lowest BCUT2D eigenvalue weighted by atomic mass is 10.1. The van der Waals surface area contributed by atoms with Crippen LogP contribution in [0.4, 0.5) is 11.4 Å². The zero-order valence-electron chi connectivity index (χ0n) is 10.5. The zero-order valence-corrected chi connectivity index (χ0v) is 10.5. The summed E-state index contributed by atoms with van der Waals surface area (Å²) in [6, 6.07) is 7.84. The van der Waals surface area contributed by atoms with Gasteiger partial charge in [-0.15, -0.1) is 0 Å². The Balaban J connectivity index is 2.50. The van der Waals surface area contributed by atoms with Crippen molar-refractivity contribution in [3.05, 3.63) is 46.2 Å². The molecule has 6 heteroatoms. The summed E-state index contributed by atoms with van der Waals surface area (Å²) in [5.74, 6) is 0.942. The van der Waals surface area contributed by atoms with Crippen molar-refractivity contribution in [3.8, 4) is 11.3 Å². The SMILES string of the molecule is CC(=O)Nc1cc(-c2ccc(C)o2)cc([N+](=O)[O-])c1. The molecule has 0 aliphatic heterocycles. The van der Waals surface area contributed by atoms with Crippen molar-refractivity contribution in [1.82, 2.24) is 0 Å². The van der Waals surface area contributed by atoms with Crippen LogP contribution in [0.1, 0.15) is 12.7 Å². The Morgan fingerprint density at radius 1 is 1.32 bits per heavy atom. The third-order valence-electron chi connectivity index (χ3n) is 2.47. The van der Waals surface area contributed by atoms with Crippen molar-refractivity contribution < 1.29 is 14.1 Å². The molecule has 0 saturated carbocycles. The number of amides is 1. The first-order valence-electron chi connectivity index (χ1n) is 5.59. The van der Waals surface area contributed by atoms with Crippen molar-refractivity contribution >= 4 is 17.3 Å². The number of non-ortho nitro benzene ring substituents is 1. The monoisotopic (exact) mass is 260 g/mol. The van der Waals surface area contributed by atoms with E-state index in [4.69, 9.17) is 4.42 Å². The first kappa shape index (κ1) is 12.8. The van der Waals surface area contributed by atoms with Gasteiger partial charge >= 0.3 is 0 Å². The third kappa shape index (κ3) is 2.98. The maximum absolute atomic E-state index is 11.0. The Hall–Kier alpha value is -2.63. The number of hydrogen-bond acceptors (Lipinski definition) is 4. The molecular weight excluding hydrogens is 248 g/mol. The second kappa shape index (κ2) is 4.93. The van der Waals surface area contributed by atoms with Crippen LogP contribution in [0.25, 0.3) is 11.3 Å². The van der Waals surface area contributed by atoms with Crippen LogP contribution < -0.4 is 5.32 Å². The number of carbonyl (C=O) groups excluding carboxylic acids is 1. The minimum Gasteiger partial charge on any atom is -0.461 e. The first-order valence-corrected chi connectivity index (χ1v) is 5.59. The highest BCUT2D eigenvalue weighted by molar-refractivity contribution is 5.90. The Bertz CT molecular complexity index is 646. The van der Waals surface area contributed by atoms with E-state index in [1.807, 2.05) is 0 Å². The fourth-order valence-corrected chi connectivity index (χ4v) is 1.72. The van der Waals surface area contributed by atoms with Crippen LogP contribution in [0.3, 0.4) is 0 Å². The highest BCUT2D eigenvalue weighted by atomic mass is 16.6.